The van der Waals surface area contributed by atoms with Crippen molar-refractivity contribution in [2.75, 3.05) is 0 Å². The third kappa shape index (κ3) is 4.23. The SMILES string of the molecule is CC(C)(C)OC(=O)N1C(CCC(=O)O)=CSC1N. The van der Waals surface area contributed by atoms with Gasteiger partial charge in [-0.1, -0.05) is 11.8 Å². The molecule has 1 atom stereocenters. The number of ether oxygens (including phenoxy) is 1. The number of aliphatic carboxylic acids is 1. The van der Waals surface area contributed by atoms with Gasteiger partial charge in [-0.3, -0.25) is 9.69 Å². The zero-order valence-electron chi connectivity index (χ0n) is 10.7. The Labute approximate surface area is 110 Å². The van der Waals surface area contributed by atoms with Gasteiger partial charge >= 0.3 is 12.1 Å². The first-order chi connectivity index (χ1) is 8.20. The lowest BCUT2D eigenvalue weighted by atomic mass is 10.2. The Morgan fingerprint density at radius 1 is 1.56 bits per heavy atom. The number of carboxylic acid groups (broad SMARTS) is 1. The molecule has 0 radical (unpaired) electrons. The molecule has 18 heavy (non-hydrogen) atoms. The molecule has 0 saturated carbocycles. The number of nitrogens with zero attached hydrogens (tertiary/aromatic N) is 1. The van der Waals surface area contributed by atoms with E-state index in [-0.39, 0.29) is 12.8 Å². The second-order valence-electron chi connectivity index (χ2n) is 4.88. The van der Waals surface area contributed by atoms with Crippen molar-refractivity contribution in [2.24, 2.45) is 5.73 Å². The highest BCUT2D eigenvalue weighted by molar-refractivity contribution is 8.02. The predicted molar refractivity (Wildman–Crippen MR) is 68.6 cm³/mol. The minimum Gasteiger partial charge on any atom is -0.481 e. The second-order valence-corrected chi connectivity index (χ2v) is 5.87. The molecule has 0 saturated heterocycles. The van der Waals surface area contributed by atoms with E-state index in [1.54, 1.807) is 26.2 Å². The molecule has 1 amide bonds. The Bertz CT molecular complexity index is 376. The average Bonchev–Trinajstić information content (AvgIpc) is 2.53. The number of hydrogen-bond acceptors (Lipinski definition) is 5. The van der Waals surface area contributed by atoms with Crippen LogP contribution >= 0.6 is 11.8 Å². The molecule has 1 aliphatic rings. The first kappa shape index (κ1) is 14.8. The summed E-state index contributed by atoms with van der Waals surface area (Å²) >= 11 is 1.27. The third-order valence-electron chi connectivity index (χ3n) is 2.09. The van der Waals surface area contributed by atoms with E-state index >= 15 is 0 Å². The monoisotopic (exact) mass is 274 g/mol. The topological polar surface area (TPSA) is 92.9 Å². The summed E-state index contributed by atoms with van der Waals surface area (Å²) in [6, 6.07) is 0. The van der Waals surface area contributed by atoms with Crippen LogP contribution in [-0.2, 0) is 9.53 Å². The van der Waals surface area contributed by atoms with Gasteiger partial charge in [0, 0.05) is 5.70 Å². The van der Waals surface area contributed by atoms with Crippen LogP contribution in [0.4, 0.5) is 4.79 Å². The Hall–Kier alpha value is -1.21. The molecule has 1 rings (SSSR count). The highest BCUT2D eigenvalue weighted by atomic mass is 32.2. The molecule has 0 bridgehead atoms. The molecular weight excluding hydrogens is 256 g/mol. The van der Waals surface area contributed by atoms with E-state index in [1.807, 2.05) is 0 Å². The molecule has 0 aliphatic carbocycles. The molecule has 0 aromatic rings. The predicted octanol–water partition coefficient (Wildman–Crippen LogP) is 1.92. The summed E-state index contributed by atoms with van der Waals surface area (Å²) in [4.78, 5) is 23.8. The largest absolute Gasteiger partial charge is 0.481 e. The van der Waals surface area contributed by atoms with E-state index < -0.39 is 23.2 Å². The van der Waals surface area contributed by atoms with E-state index in [9.17, 15) is 9.59 Å². The summed E-state index contributed by atoms with van der Waals surface area (Å²) < 4.78 is 5.23. The van der Waals surface area contributed by atoms with Gasteiger partial charge in [-0.25, -0.2) is 4.79 Å². The van der Waals surface area contributed by atoms with Gasteiger partial charge in [0.25, 0.3) is 0 Å². The fraction of sp³-hybridized carbons (Fsp3) is 0.636. The first-order valence-electron chi connectivity index (χ1n) is 5.55. The average molecular weight is 274 g/mol. The number of hydrogen-bond donors (Lipinski definition) is 2. The van der Waals surface area contributed by atoms with Crippen molar-refractivity contribution >= 4 is 23.8 Å². The Kier molecular flexibility index (Phi) is 4.64. The molecule has 0 spiro atoms. The summed E-state index contributed by atoms with van der Waals surface area (Å²) in [5.74, 6) is -0.912. The van der Waals surface area contributed by atoms with Gasteiger partial charge in [-0.15, -0.1) is 0 Å². The van der Waals surface area contributed by atoms with Gasteiger partial charge in [-0.2, -0.15) is 0 Å². The maximum Gasteiger partial charge on any atom is 0.416 e. The van der Waals surface area contributed by atoms with Crippen LogP contribution in [0.25, 0.3) is 0 Å². The number of thioether (sulfide) groups is 1. The lowest BCUT2D eigenvalue weighted by molar-refractivity contribution is -0.137. The van der Waals surface area contributed by atoms with Crippen molar-refractivity contribution in [3.63, 3.8) is 0 Å². The van der Waals surface area contributed by atoms with Crippen molar-refractivity contribution in [1.82, 2.24) is 4.90 Å². The Morgan fingerprint density at radius 2 is 2.17 bits per heavy atom. The normalized spacial score (nSPS) is 19.7. The van der Waals surface area contributed by atoms with E-state index in [1.165, 1.54) is 16.7 Å². The second kappa shape index (κ2) is 5.62. The van der Waals surface area contributed by atoms with E-state index in [0.717, 1.165) is 0 Å². The molecule has 6 nitrogen and oxygen atoms in total. The molecule has 102 valence electrons. The fourth-order valence-electron chi connectivity index (χ4n) is 1.38. The maximum atomic E-state index is 11.9. The Morgan fingerprint density at radius 3 is 2.67 bits per heavy atom. The molecule has 0 fully saturated rings. The lowest BCUT2D eigenvalue weighted by Crippen LogP contribution is -2.43. The summed E-state index contributed by atoms with van der Waals surface area (Å²) in [7, 11) is 0. The molecule has 0 aromatic carbocycles. The van der Waals surface area contributed by atoms with E-state index in [2.05, 4.69) is 0 Å². The number of amides is 1. The highest BCUT2D eigenvalue weighted by Crippen LogP contribution is 2.31. The van der Waals surface area contributed by atoms with E-state index in [0.29, 0.717) is 5.70 Å². The third-order valence-corrected chi connectivity index (χ3v) is 2.99. The highest BCUT2D eigenvalue weighted by Gasteiger charge is 2.33. The van der Waals surface area contributed by atoms with Crippen LogP contribution in [0.15, 0.2) is 11.1 Å². The summed E-state index contributed by atoms with van der Waals surface area (Å²) in [6.07, 6.45) is -0.329. The zero-order chi connectivity index (χ0) is 13.9. The number of allylic oxidation sites excluding steroid dienone is 1. The minimum absolute atomic E-state index is 0.0432. The summed E-state index contributed by atoms with van der Waals surface area (Å²) in [6.45, 7) is 5.29. The van der Waals surface area contributed by atoms with Gasteiger partial charge in [0.15, 0.2) is 0 Å². The molecule has 1 aliphatic heterocycles. The number of carboxylic acids is 1. The quantitative estimate of drug-likeness (QED) is 0.816. The van der Waals surface area contributed by atoms with Crippen LogP contribution in [0.5, 0.6) is 0 Å². The van der Waals surface area contributed by atoms with Gasteiger partial charge in [0.05, 0.1) is 6.42 Å². The number of nitrogens with two attached hydrogens (primary N) is 1. The van der Waals surface area contributed by atoms with Crippen LogP contribution < -0.4 is 5.73 Å². The molecule has 1 heterocycles. The van der Waals surface area contributed by atoms with Crippen molar-refractivity contribution in [2.45, 2.75) is 44.7 Å². The van der Waals surface area contributed by atoms with E-state index in [4.69, 9.17) is 15.6 Å². The van der Waals surface area contributed by atoms with Crippen LogP contribution in [0, 0.1) is 0 Å². The van der Waals surface area contributed by atoms with Crippen LogP contribution in [0.3, 0.4) is 0 Å². The van der Waals surface area contributed by atoms with Crippen molar-refractivity contribution in [3.05, 3.63) is 11.1 Å². The number of carbonyl (C=O) groups excluding carboxylic acids is 1. The molecule has 0 aromatic heterocycles. The summed E-state index contributed by atoms with van der Waals surface area (Å²) in [5, 5.41) is 10.4. The lowest BCUT2D eigenvalue weighted by Gasteiger charge is -2.28. The van der Waals surface area contributed by atoms with Gasteiger partial charge < -0.3 is 15.6 Å². The Balaban J connectivity index is 2.69. The zero-order valence-corrected chi connectivity index (χ0v) is 11.5. The van der Waals surface area contributed by atoms with Gasteiger partial charge in [0.1, 0.15) is 11.1 Å². The smallest absolute Gasteiger partial charge is 0.416 e. The molecular formula is C11H18N2O4S. The maximum absolute atomic E-state index is 11.9. The van der Waals surface area contributed by atoms with Gasteiger partial charge in [-0.05, 0) is 32.6 Å². The minimum atomic E-state index is -0.912. The molecule has 1 unspecified atom stereocenters. The van der Waals surface area contributed by atoms with Crippen LogP contribution in [0.1, 0.15) is 33.6 Å². The van der Waals surface area contributed by atoms with Gasteiger partial charge in [0.2, 0.25) is 0 Å². The van der Waals surface area contributed by atoms with Crippen LogP contribution in [-0.4, -0.2) is 33.2 Å². The van der Waals surface area contributed by atoms with Crippen molar-refractivity contribution < 1.29 is 19.4 Å². The summed E-state index contributed by atoms with van der Waals surface area (Å²) in [5.41, 5.74) is 5.21. The standard InChI is InChI=1S/C11H18N2O4S/c1-11(2,3)17-10(16)13-7(4-5-8(14)15)6-18-9(13)12/h6,9H,4-5,12H2,1-3H3,(H,14,15). The number of carbonyl (C=O) groups is 2. The van der Waals surface area contributed by atoms with Crippen molar-refractivity contribution in [1.29, 1.82) is 0 Å². The number of rotatable bonds is 3. The first-order valence-corrected chi connectivity index (χ1v) is 6.49. The molecule has 7 heteroatoms. The van der Waals surface area contributed by atoms with Crippen LogP contribution in [0.2, 0.25) is 0 Å². The fourth-order valence-corrected chi connectivity index (χ4v) is 2.25. The molecule has 3 N–H and O–H groups in total. The van der Waals surface area contributed by atoms with Crippen molar-refractivity contribution in [3.8, 4) is 0 Å².